The van der Waals surface area contributed by atoms with Crippen LogP contribution in [-0.4, -0.2) is 0 Å². The zero-order valence-electron chi connectivity index (χ0n) is 7.33. The van der Waals surface area contributed by atoms with E-state index in [1.54, 1.807) is 0 Å². The Labute approximate surface area is 101 Å². The molecule has 1 aromatic carbocycles. The monoisotopic (exact) mass is 359 g/mol. The van der Waals surface area contributed by atoms with Crippen molar-refractivity contribution in [3.63, 3.8) is 0 Å². The number of halogens is 1. The second-order valence-corrected chi connectivity index (χ2v) is 6.89. The van der Waals surface area contributed by atoms with Crippen molar-refractivity contribution in [2.24, 2.45) is 0 Å². The molecule has 0 saturated carbocycles. The zero-order valence-corrected chi connectivity index (χ0v) is 11.3. The Morgan fingerprint density at radius 3 is 2.80 bits per heavy atom. The number of rotatable bonds is 3. The van der Waals surface area contributed by atoms with Crippen molar-refractivity contribution >= 4 is 38.7 Å². The molecule has 0 unspecified atom stereocenters. The highest BCUT2D eigenvalue weighted by atomic mass is 127. The minimum Gasteiger partial charge on any atom is -0.277 e. The van der Waals surface area contributed by atoms with E-state index in [1.807, 2.05) is 24.3 Å². The number of phosphoric acid groups is 1. The lowest BCUT2D eigenvalue weighted by Gasteiger charge is -2.11. The third-order valence-electron chi connectivity index (χ3n) is 1.61. The van der Waals surface area contributed by atoms with Crippen LogP contribution in [0.25, 0.3) is 0 Å². The van der Waals surface area contributed by atoms with Gasteiger partial charge in [0.15, 0.2) is 0 Å². The molecule has 1 heterocycles. The van der Waals surface area contributed by atoms with Gasteiger partial charge in [-0.3, -0.25) is 4.52 Å². The molecule has 2 rings (SSSR count). The van der Waals surface area contributed by atoms with Gasteiger partial charge in [-0.25, -0.2) is 4.57 Å². The Kier molecular flexibility index (Phi) is 3.55. The lowest BCUT2D eigenvalue weighted by molar-refractivity contribution is 0.162. The first-order chi connectivity index (χ1) is 7.07. The molecule has 0 atom stereocenters. The molecule has 1 aliphatic rings. The molecule has 0 bridgehead atoms. The van der Waals surface area contributed by atoms with Gasteiger partial charge in [0.1, 0.15) is 0 Å². The normalized spacial score (nSPS) is 27.4. The quantitative estimate of drug-likeness (QED) is 0.610. The predicted octanol–water partition coefficient (Wildman–Crippen LogP) is 3.62. The van der Waals surface area contributed by atoms with Crippen molar-refractivity contribution in [2.45, 2.75) is 6.61 Å². The van der Waals surface area contributed by atoms with Gasteiger partial charge in [-0.2, -0.15) is 0 Å². The van der Waals surface area contributed by atoms with Gasteiger partial charge >= 0.3 is 16.1 Å². The van der Waals surface area contributed by atoms with Crippen LogP contribution in [0.15, 0.2) is 24.3 Å². The van der Waals surface area contributed by atoms with Crippen LogP contribution in [-0.2, 0) is 28.9 Å². The maximum absolute atomic E-state index is 11.3. The molecular formula is C7H6IO5P2+. The summed E-state index contributed by atoms with van der Waals surface area (Å²) < 4.78 is 36.5. The first-order valence-electron chi connectivity index (χ1n) is 3.93. The Balaban J connectivity index is 1.94. The molecule has 1 fully saturated rings. The van der Waals surface area contributed by atoms with Crippen LogP contribution < -0.4 is 0 Å². The van der Waals surface area contributed by atoms with Crippen molar-refractivity contribution in [3.8, 4) is 0 Å². The summed E-state index contributed by atoms with van der Waals surface area (Å²) in [5.74, 6) is 0. The van der Waals surface area contributed by atoms with Gasteiger partial charge < -0.3 is 0 Å². The third-order valence-corrected chi connectivity index (χ3v) is 5.39. The molecule has 1 aliphatic heterocycles. The number of benzene rings is 1. The maximum atomic E-state index is 11.3. The SMILES string of the molecule is O=[P+]1OP(=O)(OCc2cccc(I)c2)O1. The van der Waals surface area contributed by atoms with Gasteiger partial charge in [0, 0.05) is 16.8 Å². The largest absolute Gasteiger partial charge is 0.719 e. The van der Waals surface area contributed by atoms with Gasteiger partial charge in [0.05, 0.1) is 6.61 Å². The summed E-state index contributed by atoms with van der Waals surface area (Å²) in [6, 6.07) is 7.50. The van der Waals surface area contributed by atoms with Crippen molar-refractivity contribution in [1.29, 1.82) is 0 Å². The van der Waals surface area contributed by atoms with Crippen LogP contribution in [0.4, 0.5) is 0 Å². The molecule has 8 heteroatoms. The second kappa shape index (κ2) is 4.57. The van der Waals surface area contributed by atoms with Gasteiger partial charge in [-0.1, -0.05) is 12.1 Å². The average Bonchev–Trinajstić information content (AvgIpc) is 2.13. The average molecular weight is 359 g/mol. The van der Waals surface area contributed by atoms with Crippen LogP contribution >= 0.6 is 38.7 Å². The molecule has 0 amide bonds. The fraction of sp³-hybridized carbons (Fsp3) is 0.143. The predicted molar refractivity (Wildman–Crippen MR) is 61.3 cm³/mol. The van der Waals surface area contributed by atoms with E-state index in [4.69, 9.17) is 4.52 Å². The van der Waals surface area contributed by atoms with E-state index in [0.29, 0.717) is 0 Å². The lowest BCUT2D eigenvalue weighted by atomic mass is 10.2. The highest BCUT2D eigenvalue weighted by Gasteiger charge is 2.60. The van der Waals surface area contributed by atoms with Crippen molar-refractivity contribution in [1.82, 2.24) is 0 Å². The van der Waals surface area contributed by atoms with E-state index in [1.165, 1.54) is 0 Å². The summed E-state index contributed by atoms with van der Waals surface area (Å²) in [4.78, 5) is 0. The molecule has 5 nitrogen and oxygen atoms in total. The molecule has 0 aromatic heterocycles. The van der Waals surface area contributed by atoms with E-state index in [0.717, 1.165) is 9.13 Å². The van der Waals surface area contributed by atoms with Crippen LogP contribution in [0, 0.1) is 3.57 Å². The smallest absolute Gasteiger partial charge is 0.277 e. The van der Waals surface area contributed by atoms with Crippen LogP contribution in [0.2, 0.25) is 0 Å². The minimum absolute atomic E-state index is 0.108. The summed E-state index contributed by atoms with van der Waals surface area (Å²) in [7, 11) is -5.75. The van der Waals surface area contributed by atoms with Gasteiger partial charge in [-0.05, 0) is 40.3 Å². The molecule has 0 N–H and O–H groups in total. The third kappa shape index (κ3) is 3.06. The van der Waals surface area contributed by atoms with Gasteiger partial charge in [0.2, 0.25) is 0 Å². The minimum atomic E-state index is -3.52. The van der Waals surface area contributed by atoms with Gasteiger partial charge in [0.25, 0.3) is 0 Å². The molecule has 80 valence electrons. The number of hydrogen-bond acceptors (Lipinski definition) is 5. The summed E-state index contributed by atoms with van der Waals surface area (Å²) in [6.07, 6.45) is 0. The zero-order chi connectivity index (χ0) is 10.9. The van der Waals surface area contributed by atoms with Crippen molar-refractivity contribution < 1.29 is 22.3 Å². The first-order valence-corrected chi connectivity index (χ1v) is 7.57. The van der Waals surface area contributed by atoms with Crippen LogP contribution in [0.5, 0.6) is 0 Å². The number of hydrogen-bond donors (Lipinski definition) is 0. The molecule has 0 spiro atoms. The fourth-order valence-corrected chi connectivity index (χ4v) is 3.64. The van der Waals surface area contributed by atoms with E-state index >= 15 is 0 Å². The van der Waals surface area contributed by atoms with Crippen molar-refractivity contribution in [3.05, 3.63) is 33.4 Å². The molecule has 1 aromatic rings. The topological polar surface area (TPSA) is 61.8 Å². The Hall–Kier alpha value is 0.160. The molecule has 0 radical (unpaired) electrons. The second-order valence-electron chi connectivity index (χ2n) is 2.74. The summed E-state index contributed by atoms with van der Waals surface area (Å²) in [5.41, 5.74) is 0.853. The standard InChI is InChI=1S/C7H6IO5P2/c8-7-3-1-2-6(4-7)5-11-15(10)12-14(9)13-15/h1-4H,5H2/q+1. The summed E-state index contributed by atoms with van der Waals surface area (Å²) in [5, 5.41) is 0. The molecular weight excluding hydrogens is 353 g/mol. The Bertz CT molecular complexity index is 437. The molecule has 15 heavy (non-hydrogen) atoms. The first kappa shape index (κ1) is 11.6. The molecule has 1 saturated heterocycles. The van der Waals surface area contributed by atoms with E-state index in [-0.39, 0.29) is 6.61 Å². The van der Waals surface area contributed by atoms with Crippen LogP contribution in [0.3, 0.4) is 0 Å². The highest BCUT2D eigenvalue weighted by molar-refractivity contribution is 14.1. The van der Waals surface area contributed by atoms with E-state index in [2.05, 4.69) is 31.2 Å². The highest BCUT2D eigenvalue weighted by Crippen LogP contribution is 2.72. The summed E-state index contributed by atoms with van der Waals surface area (Å²) in [6.45, 7) is 0.108. The maximum Gasteiger partial charge on any atom is 0.719 e. The van der Waals surface area contributed by atoms with Gasteiger partial charge in [-0.15, -0.1) is 0 Å². The lowest BCUT2D eigenvalue weighted by Crippen LogP contribution is -2.01. The van der Waals surface area contributed by atoms with Crippen molar-refractivity contribution in [2.75, 3.05) is 0 Å². The summed E-state index contributed by atoms with van der Waals surface area (Å²) >= 11 is 2.16. The Morgan fingerprint density at radius 1 is 1.47 bits per heavy atom. The van der Waals surface area contributed by atoms with Crippen LogP contribution in [0.1, 0.15) is 5.56 Å². The van der Waals surface area contributed by atoms with E-state index in [9.17, 15) is 9.13 Å². The fourth-order valence-electron chi connectivity index (χ4n) is 0.997. The van der Waals surface area contributed by atoms with E-state index < -0.39 is 16.1 Å². The molecule has 0 aliphatic carbocycles. The Morgan fingerprint density at radius 2 is 2.20 bits per heavy atom.